The third-order valence-corrected chi connectivity index (χ3v) is 4.85. The second kappa shape index (κ2) is 5.70. The van der Waals surface area contributed by atoms with Crippen LogP contribution < -0.4 is 0 Å². The summed E-state index contributed by atoms with van der Waals surface area (Å²) in [5.74, 6) is 3.30. The van der Waals surface area contributed by atoms with Gasteiger partial charge in [-0.25, -0.2) is 0 Å². The molecule has 0 unspecified atom stereocenters. The van der Waals surface area contributed by atoms with Gasteiger partial charge in [0.2, 0.25) is 0 Å². The highest BCUT2D eigenvalue weighted by Crippen LogP contribution is 2.47. The van der Waals surface area contributed by atoms with Crippen LogP contribution in [-0.2, 0) is 20.8 Å². The van der Waals surface area contributed by atoms with Crippen LogP contribution >= 0.6 is 0 Å². The Morgan fingerprint density at radius 3 is 2.77 bits per heavy atom. The Labute approximate surface area is 130 Å². The molecule has 0 spiro atoms. The van der Waals surface area contributed by atoms with Crippen LogP contribution in [0.25, 0.3) is 0 Å². The number of carbonyl (C=O) groups is 1. The van der Waals surface area contributed by atoms with Crippen molar-refractivity contribution in [1.29, 1.82) is 0 Å². The number of furan rings is 1. The molecular formula is C17H23NO4. The van der Waals surface area contributed by atoms with Gasteiger partial charge in [-0.15, -0.1) is 0 Å². The van der Waals surface area contributed by atoms with Gasteiger partial charge in [0, 0.05) is 12.0 Å². The molecule has 3 fully saturated rings. The van der Waals surface area contributed by atoms with Crippen molar-refractivity contribution >= 4 is 5.91 Å². The third-order valence-electron chi connectivity index (χ3n) is 4.85. The van der Waals surface area contributed by atoms with Crippen LogP contribution in [0.3, 0.4) is 0 Å². The summed E-state index contributed by atoms with van der Waals surface area (Å²) < 4.78 is 16.9. The largest absolute Gasteiger partial charge is 0.464 e. The van der Waals surface area contributed by atoms with Gasteiger partial charge in [0.05, 0.1) is 26.4 Å². The van der Waals surface area contributed by atoms with Crippen LogP contribution in [0.15, 0.2) is 16.5 Å². The first-order chi connectivity index (χ1) is 10.7. The first-order valence-electron chi connectivity index (χ1n) is 8.31. The third kappa shape index (κ3) is 2.92. The molecule has 3 aliphatic rings. The normalized spacial score (nSPS) is 31.0. The second-order valence-corrected chi connectivity index (χ2v) is 6.76. The van der Waals surface area contributed by atoms with Crippen LogP contribution in [0.2, 0.25) is 0 Å². The van der Waals surface area contributed by atoms with Crippen LogP contribution in [0, 0.1) is 5.92 Å². The number of nitrogens with zero attached hydrogens (tertiary/aromatic N) is 1. The molecule has 22 heavy (non-hydrogen) atoms. The summed E-state index contributed by atoms with van der Waals surface area (Å²) in [4.78, 5) is 14.6. The Morgan fingerprint density at radius 2 is 2.14 bits per heavy atom. The van der Waals surface area contributed by atoms with E-state index in [9.17, 15) is 4.79 Å². The summed E-state index contributed by atoms with van der Waals surface area (Å²) in [6, 6.07) is 4.42. The van der Waals surface area contributed by atoms with Crippen LogP contribution in [0.4, 0.5) is 0 Å². The molecule has 1 aromatic rings. The van der Waals surface area contributed by atoms with Crippen LogP contribution in [-0.4, -0.2) is 42.8 Å². The van der Waals surface area contributed by atoms with Crippen molar-refractivity contribution in [1.82, 2.24) is 4.90 Å². The van der Waals surface area contributed by atoms with E-state index >= 15 is 0 Å². The zero-order valence-electron chi connectivity index (χ0n) is 13.0. The molecule has 0 N–H and O–H groups in total. The van der Waals surface area contributed by atoms with Gasteiger partial charge in [-0.2, -0.15) is 0 Å². The molecular weight excluding hydrogens is 282 g/mol. The van der Waals surface area contributed by atoms with E-state index in [1.807, 2.05) is 11.0 Å². The number of carbonyl (C=O) groups excluding carboxylic acids is 1. The summed E-state index contributed by atoms with van der Waals surface area (Å²) in [6.45, 7) is 4.23. The summed E-state index contributed by atoms with van der Waals surface area (Å²) in [5.41, 5.74) is 0. The zero-order chi connectivity index (χ0) is 15.1. The van der Waals surface area contributed by atoms with Gasteiger partial charge in [0.1, 0.15) is 11.5 Å². The monoisotopic (exact) mass is 305 g/mol. The van der Waals surface area contributed by atoms with E-state index in [2.05, 4.69) is 13.0 Å². The minimum absolute atomic E-state index is 0.0416. The molecule has 5 nitrogen and oxygen atoms in total. The summed E-state index contributed by atoms with van der Waals surface area (Å²) >= 11 is 0. The van der Waals surface area contributed by atoms with Gasteiger partial charge < -0.3 is 18.8 Å². The van der Waals surface area contributed by atoms with Gasteiger partial charge in [-0.05, 0) is 37.3 Å². The van der Waals surface area contributed by atoms with Crippen molar-refractivity contribution in [2.24, 2.45) is 5.92 Å². The molecule has 1 saturated heterocycles. The molecule has 1 aliphatic heterocycles. The summed E-state index contributed by atoms with van der Waals surface area (Å²) in [5, 5.41) is 0. The van der Waals surface area contributed by atoms with Gasteiger partial charge in [0.15, 0.2) is 6.10 Å². The standard InChI is InChI=1S/C17H23NO4/c1-11-8-14(11)15-5-4-13(22-15)9-18(12-2-3-12)17(19)16-10-20-6-7-21-16/h4-5,11-12,14,16H,2-3,6-10H2,1H3/t11-,14-,16-/m1/s1. The zero-order valence-corrected chi connectivity index (χ0v) is 13.0. The van der Waals surface area contributed by atoms with E-state index in [1.54, 1.807) is 0 Å². The number of ether oxygens (including phenoxy) is 2. The average Bonchev–Trinajstić information content (AvgIpc) is 3.46. The average molecular weight is 305 g/mol. The molecule has 4 rings (SSSR count). The smallest absolute Gasteiger partial charge is 0.254 e. The van der Waals surface area contributed by atoms with Crippen LogP contribution in [0.1, 0.15) is 43.6 Å². The lowest BCUT2D eigenvalue weighted by Crippen LogP contribution is -2.45. The lowest BCUT2D eigenvalue weighted by Gasteiger charge is -2.29. The Bertz CT molecular complexity index is 545. The molecule has 3 atom stereocenters. The molecule has 2 saturated carbocycles. The maximum Gasteiger partial charge on any atom is 0.254 e. The predicted octanol–water partition coefficient (Wildman–Crippen LogP) is 2.31. The van der Waals surface area contributed by atoms with Crippen molar-refractivity contribution in [3.8, 4) is 0 Å². The minimum atomic E-state index is -0.452. The van der Waals surface area contributed by atoms with E-state index in [-0.39, 0.29) is 5.91 Å². The number of amides is 1. The number of hydrogen-bond acceptors (Lipinski definition) is 4. The Hall–Kier alpha value is -1.33. The Kier molecular flexibility index (Phi) is 3.70. The minimum Gasteiger partial charge on any atom is -0.464 e. The fraction of sp³-hybridized carbons (Fsp3) is 0.706. The van der Waals surface area contributed by atoms with Crippen molar-refractivity contribution in [2.45, 2.75) is 50.8 Å². The second-order valence-electron chi connectivity index (χ2n) is 6.76. The maximum absolute atomic E-state index is 12.7. The van der Waals surface area contributed by atoms with Gasteiger partial charge in [0.25, 0.3) is 5.91 Å². The lowest BCUT2D eigenvalue weighted by molar-refractivity contribution is -0.159. The van der Waals surface area contributed by atoms with Gasteiger partial charge in [-0.1, -0.05) is 6.92 Å². The Balaban J connectivity index is 1.43. The summed E-state index contributed by atoms with van der Waals surface area (Å²) in [7, 11) is 0. The molecule has 0 radical (unpaired) electrons. The highest BCUT2D eigenvalue weighted by atomic mass is 16.6. The molecule has 5 heteroatoms. The van der Waals surface area contributed by atoms with E-state index in [0.717, 1.165) is 30.3 Å². The van der Waals surface area contributed by atoms with Crippen molar-refractivity contribution in [2.75, 3.05) is 19.8 Å². The first-order valence-corrected chi connectivity index (χ1v) is 8.31. The van der Waals surface area contributed by atoms with Crippen molar-refractivity contribution in [3.05, 3.63) is 23.7 Å². The van der Waals surface area contributed by atoms with E-state index in [1.165, 1.54) is 6.42 Å². The molecule has 2 heterocycles. The fourth-order valence-electron chi connectivity index (χ4n) is 3.15. The maximum atomic E-state index is 12.7. The molecule has 1 aromatic heterocycles. The Morgan fingerprint density at radius 1 is 1.32 bits per heavy atom. The topological polar surface area (TPSA) is 51.9 Å². The molecule has 1 amide bonds. The molecule has 120 valence electrons. The molecule has 0 bridgehead atoms. The number of rotatable bonds is 5. The fourth-order valence-corrected chi connectivity index (χ4v) is 3.15. The van der Waals surface area contributed by atoms with Crippen molar-refractivity contribution in [3.63, 3.8) is 0 Å². The quantitative estimate of drug-likeness (QED) is 0.837. The number of hydrogen-bond donors (Lipinski definition) is 0. The van der Waals surface area contributed by atoms with Crippen LogP contribution in [0.5, 0.6) is 0 Å². The molecule has 2 aliphatic carbocycles. The van der Waals surface area contributed by atoms with E-state index in [0.29, 0.717) is 38.3 Å². The van der Waals surface area contributed by atoms with Gasteiger partial charge in [-0.3, -0.25) is 4.79 Å². The molecule has 0 aromatic carbocycles. The predicted molar refractivity (Wildman–Crippen MR) is 79.4 cm³/mol. The van der Waals surface area contributed by atoms with Crippen molar-refractivity contribution < 1.29 is 18.7 Å². The first kappa shape index (κ1) is 14.3. The highest BCUT2D eigenvalue weighted by molar-refractivity contribution is 5.81. The SMILES string of the molecule is C[C@@H]1C[C@H]1c1ccc(CN(C(=O)[C@H]2COCCO2)C2CC2)o1. The highest BCUT2D eigenvalue weighted by Gasteiger charge is 2.39. The van der Waals surface area contributed by atoms with E-state index < -0.39 is 6.10 Å². The van der Waals surface area contributed by atoms with Gasteiger partial charge >= 0.3 is 0 Å². The van der Waals surface area contributed by atoms with E-state index in [4.69, 9.17) is 13.9 Å². The summed E-state index contributed by atoms with van der Waals surface area (Å²) in [6.07, 6.45) is 2.91. The lowest BCUT2D eigenvalue weighted by atomic mass is 10.2.